The van der Waals surface area contributed by atoms with Gasteiger partial charge in [-0.15, -0.1) is 0 Å². The topological polar surface area (TPSA) is 133 Å². The van der Waals surface area contributed by atoms with Crippen molar-refractivity contribution in [2.45, 2.75) is 92.3 Å². The predicted octanol–water partition coefficient (Wildman–Crippen LogP) is 5.18. The molecule has 0 aliphatic heterocycles. The standard InChI is InChI=1S/2C14H16O4.2C4H9.Sn/c2*1-10(2)12-6-4-3-5-11(12)9-18-14(17)8-7-13(15)16;2*1-3-4-2;/h2*3-8,10H,9H2,1-2H3,(H,15,16);2*1,3-4H2,2H3;/q;;;;+2/p-2/b2*8-7-;;;. The minimum Gasteiger partial charge on any atom is -0.545 e. The van der Waals surface area contributed by atoms with Gasteiger partial charge in [0, 0.05) is 12.2 Å². The normalized spacial score (nSPS) is 10.0. The maximum Gasteiger partial charge on any atom is 2.00 e. The third-order valence-corrected chi connectivity index (χ3v) is 5.51. The Hall–Kier alpha value is -3.40. The minimum atomic E-state index is -1.42. The summed E-state index contributed by atoms with van der Waals surface area (Å²) in [5, 5.41) is 20.2. The Bertz CT molecular complexity index is 1070. The second-order valence-electron chi connectivity index (χ2n) is 9.93. The van der Waals surface area contributed by atoms with Crippen LogP contribution in [0.5, 0.6) is 0 Å². The Morgan fingerprint density at radius 2 is 0.933 bits per heavy atom. The average molecular weight is 727 g/mol. The third kappa shape index (κ3) is 25.6. The summed E-state index contributed by atoms with van der Waals surface area (Å²) in [6, 6.07) is 15.3. The van der Waals surface area contributed by atoms with Crippen molar-refractivity contribution in [2.75, 3.05) is 0 Å². The molecule has 9 heteroatoms. The minimum absolute atomic E-state index is 0. The van der Waals surface area contributed by atoms with E-state index in [1.165, 1.54) is 12.8 Å². The molecule has 244 valence electrons. The van der Waals surface area contributed by atoms with Gasteiger partial charge >= 0.3 is 35.8 Å². The van der Waals surface area contributed by atoms with Gasteiger partial charge in [-0.25, -0.2) is 9.59 Å². The van der Waals surface area contributed by atoms with Gasteiger partial charge in [-0.1, -0.05) is 130 Å². The summed E-state index contributed by atoms with van der Waals surface area (Å²) >= 11 is 0. The number of benzene rings is 2. The van der Waals surface area contributed by atoms with Gasteiger partial charge in [0.05, 0.1) is 11.9 Å². The molecule has 4 radical (unpaired) electrons. The number of hydrogen-bond acceptors (Lipinski definition) is 8. The summed E-state index contributed by atoms with van der Waals surface area (Å²) < 4.78 is 9.90. The molecular weight excluding hydrogens is 679 g/mol. The second kappa shape index (κ2) is 29.3. The van der Waals surface area contributed by atoms with Gasteiger partial charge in [-0.05, 0) is 46.2 Å². The monoisotopic (exact) mass is 728 g/mol. The molecule has 2 aromatic carbocycles. The van der Waals surface area contributed by atoms with E-state index in [0.717, 1.165) is 47.2 Å². The first-order valence-corrected chi connectivity index (χ1v) is 14.7. The van der Waals surface area contributed by atoms with Crippen LogP contribution in [-0.4, -0.2) is 47.8 Å². The van der Waals surface area contributed by atoms with Crippen molar-refractivity contribution in [2.24, 2.45) is 0 Å². The number of aliphatic carboxylic acids is 2. The van der Waals surface area contributed by atoms with Gasteiger partial charge in [0.2, 0.25) is 0 Å². The molecule has 45 heavy (non-hydrogen) atoms. The Balaban J connectivity index is -0.000000621. The zero-order valence-corrected chi connectivity index (χ0v) is 30.4. The molecule has 0 saturated heterocycles. The molecule has 0 aliphatic rings. The fourth-order valence-electron chi connectivity index (χ4n) is 3.12. The largest absolute Gasteiger partial charge is 2.00 e. The smallest absolute Gasteiger partial charge is 0.545 e. The van der Waals surface area contributed by atoms with E-state index in [4.69, 9.17) is 9.47 Å². The molecule has 0 fully saturated rings. The molecule has 0 unspecified atom stereocenters. The number of carbonyl (C=O) groups is 4. The molecule has 0 saturated carbocycles. The van der Waals surface area contributed by atoms with Crippen LogP contribution in [0.15, 0.2) is 72.8 Å². The van der Waals surface area contributed by atoms with Gasteiger partial charge in [-0.2, -0.15) is 0 Å². The van der Waals surface area contributed by atoms with Gasteiger partial charge in [0.15, 0.2) is 0 Å². The summed E-state index contributed by atoms with van der Waals surface area (Å²) in [6.45, 7) is 19.9. The second-order valence-corrected chi connectivity index (χ2v) is 9.93. The van der Waals surface area contributed by atoms with Crippen LogP contribution >= 0.6 is 0 Å². The Morgan fingerprint density at radius 1 is 0.644 bits per heavy atom. The zero-order valence-electron chi connectivity index (χ0n) is 27.5. The van der Waals surface area contributed by atoms with Crippen molar-refractivity contribution in [1.29, 1.82) is 0 Å². The number of carbonyl (C=O) groups excluding carboxylic acids is 4. The average Bonchev–Trinajstić information content (AvgIpc) is 3.01. The number of carboxylic acid groups (broad SMARTS) is 2. The van der Waals surface area contributed by atoms with Crippen molar-refractivity contribution in [1.82, 2.24) is 0 Å². The van der Waals surface area contributed by atoms with Gasteiger partial charge in [-0.3, -0.25) is 0 Å². The molecule has 0 spiro atoms. The molecular formula is C36H48O8Sn. The van der Waals surface area contributed by atoms with Crippen molar-refractivity contribution in [3.05, 3.63) is 109 Å². The first kappa shape index (κ1) is 46.0. The molecule has 0 atom stereocenters. The van der Waals surface area contributed by atoms with Crippen LogP contribution in [-0.2, 0) is 41.9 Å². The van der Waals surface area contributed by atoms with Crippen LogP contribution in [0.4, 0.5) is 0 Å². The molecule has 0 heterocycles. The third-order valence-electron chi connectivity index (χ3n) is 5.51. The number of unbranched alkanes of at least 4 members (excludes halogenated alkanes) is 2. The molecule has 0 aromatic heterocycles. The van der Waals surface area contributed by atoms with Crippen LogP contribution in [0.2, 0.25) is 0 Å². The molecule has 0 amide bonds. The predicted molar refractivity (Wildman–Crippen MR) is 175 cm³/mol. The summed E-state index contributed by atoms with van der Waals surface area (Å²) in [4.78, 5) is 42.6. The van der Waals surface area contributed by atoms with Crippen LogP contribution in [0, 0.1) is 13.8 Å². The van der Waals surface area contributed by atoms with Crippen LogP contribution in [0.25, 0.3) is 0 Å². The SMILES string of the molecule is CC(C)c1ccccc1COC(=O)/C=C\C(=O)[O-].CC(C)c1ccccc1COC(=O)/C=C\C(=O)[O-].[CH2]CCC.[CH2]CCC.[Sn+2]. The number of rotatable bonds is 12. The van der Waals surface area contributed by atoms with Crippen molar-refractivity contribution < 1.29 is 38.9 Å². The number of esters is 2. The number of carboxylic acids is 2. The van der Waals surface area contributed by atoms with Crippen molar-refractivity contribution in [3.63, 3.8) is 0 Å². The first-order valence-electron chi connectivity index (χ1n) is 14.7. The van der Waals surface area contributed by atoms with Gasteiger partial charge < -0.3 is 29.3 Å². The quantitative estimate of drug-likeness (QED) is 0.166. The first-order chi connectivity index (χ1) is 20.8. The van der Waals surface area contributed by atoms with E-state index < -0.39 is 23.9 Å². The van der Waals surface area contributed by atoms with Crippen LogP contribution < -0.4 is 10.2 Å². The maximum atomic E-state index is 11.2. The summed E-state index contributed by atoms with van der Waals surface area (Å²) in [7, 11) is 0. The van der Waals surface area contributed by atoms with E-state index >= 15 is 0 Å². The van der Waals surface area contributed by atoms with E-state index in [9.17, 15) is 29.4 Å². The zero-order chi connectivity index (χ0) is 33.9. The Kier molecular flexibility index (Phi) is 30.0. The van der Waals surface area contributed by atoms with E-state index in [1.54, 1.807) is 0 Å². The molecule has 8 nitrogen and oxygen atoms in total. The van der Waals surface area contributed by atoms with E-state index in [0.29, 0.717) is 24.0 Å². The summed E-state index contributed by atoms with van der Waals surface area (Å²) in [5.74, 6) is -3.57. The summed E-state index contributed by atoms with van der Waals surface area (Å²) in [6.07, 6.45) is 7.54. The fourth-order valence-corrected chi connectivity index (χ4v) is 3.12. The fraction of sp³-hybridized carbons (Fsp3) is 0.389. The van der Waals surface area contributed by atoms with Crippen LogP contribution in [0.3, 0.4) is 0 Å². The summed E-state index contributed by atoms with van der Waals surface area (Å²) in [5.41, 5.74) is 4.05. The molecule has 0 N–H and O–H groups in total. The van der Waals surface area contributed by atoms with Crippen LogP contribution in [0.1, 0.15) is 101 Å². The Labute approximate surface area is 286 Å². The number of hydrogen-bond donors (Lipinski definition) is 0. The number of ether oxygens (including phenoxy) is 2. The maximum absolute atomic E-state index is 11.2. The van der Waals surface area contributed by atoms with Crippen molar-refractivity contribution in [3.8, 4) is 0 Å². The van der Waals surface area contributed by atoms with E-state index in [1.807, 2.05) is 48.5 Å². The van der Waals surface area contributed by atoms with E-state index in [2.05, 4.69) is 55.4 Å². The van der Waals surface area contributed by atoms with E-state index in [-0.39, 0.29) is 37.1 Å². The molecule has 0 aliphatic carbocycles. The molecule has 2 aromatic rings. The molecule has 0 bridgehead atoms. The van der Waals surface area contributed by atoms with Crippen molar-refractivity contribution >= 4 is 47.8 Å². The van der Waals surface area contributed by atoms with Gasteiger partial charge in [0.1, 0.15) is 13.2 Å². The van der Waals surface area contributed by atoms with Gasteiger partial charge in [0.25, 0.3) is 0 Å². The Morgan fingerprint density at radius 3 is 1.18 bits per heavy atom. The molecule has 2 rings (SSSR count).